The number of rotatable bonds is 7. The second kappa shape index (κ2) is 8.31. The van der Waals surface area contributed by atoms with Gasteiger partial charge in [0.05, 0.1) is 24.3 Å². The number of ether oxygens (including phenoxy) is 1. The van der Waals surface area contributed by atoms with Gasteiger partial charge in [-0.25, -0.2) is 0 Å². The molecule has 1 amide bonds. The largest absolute Gasteiger partial charge is 0.383 e. The highest BCUT2D eigenvalue weighted by molar-refractivity contribution is 5.81. The van der Waals surface area contributed by atoms with E-state index in [9.17, 15) is 4.79 Å². The summed E-state index contributed by atoms with van der Waals surface area (Å²) >= 11 is 0. The molecule has 2 atom stereocenters. The van der Waals surface area contributed by atoms with E-state index in [1.54, 1.807) is 19.2 Å². The molecule has 0 heterocycles. The molecule has 0 aromatic heterocycles. The van der Waals surface area contributed by atoms with Gasteiger partial charge >= 0.3 is 0 Å². The predicted octanol–water partition coefficient (Wildman–Crippen LogP) is 1.36. The van der Waals surface area contributed by atoms with Crippen molar-refractivity contribution in [3.05, 3.63) is 35.4 Å². The van der Waals surface area contributed by atoms with Crippen LogP contribution in [-0.2, 0) is 9.53 Å². The molecule has 20 heavy (non-hydrogen) atoms. The third kappa shape index (κ3) is 5.00. The molecular weight excluding hydrogens is 254 g/mol. The van der Waals surface area contributed by atoms with Gasteiger partial charge in [0, 0.05) is 19.7 Å². The summed E-state index contributed by atoms with van der Waals surface area (Å²) in [5.74, 6) is -0.0532. The van der Waals surface area contributed by atoms with Gasteiger partial charge in [-0.15, -0.1) is 0 Å². The summed E-state index contributed by atoms with van der Waals surface area (Å²) in [6.07, 6.45) is 0. The smallest absolute Gasteiger partial charge is 0.236 e. The Labute approximate surface area is 119 Å². The summed E-state index contributed by atoms with van der Waals surface area (Å²) in [6.45, 7) is 4.82. The summed E-state index contributed by atoms with van der Waals surface area (Å²) < 4.78 is 4.88. The zero-order valence-corrected chi connectivity index (χ0v) is 12.1. The number of hydrogen-bond donors (Lipinski definition) is 2. The number of hydrogen-bond acceptors (Lipinski definition) is 4. The second-order valence-corrected chi connectivity index (χ2v) is 4.63. The van der Waals surface area contributed by atoms with Crippen molar-refractivity contribution in [2.75, 3.05) is 20.3 Å². The lowest BCUT2D eigenvalue weighted by molar-refractivity contribution is -0.123. The van der Waals surface area contributed by atoms with Crippen molar-refractivity contribution in [3.63, 3.8) is 0 Å². The fraction of sp³-hybridized carbons (Fsp3) is 0.467. The third-order valence-corrected chi connectivity index (χ3v) is 3.04. The van der Waals surface area contributed by atoms with Gasteiger partial charge in [0.2, 0.25) is 5.91 Å². The molecule has 0 fully saturated rings. The lowest BCUT2D eigenvalue weighted by Gasteiger charge is -2.20. The number of carbonyl (C=O) groups excluding carboxylic acids is 1. The molecule has 1 rings (SSSR count). The summed E-state index contributed by atoms with van der Waals surface area (Å²) in [5, 5.41) is 14.8. The molecule has 0 saturated carbocycles. The van der Waals surface area contributed by atoms with Crippen LogP contribution in [0.4, 0.5) is 0 Å². The van der Waals surface area contributed by atoms with E-state index in [4.69, 9.17) is 10.00 Å². The van der Waals surface area contributed by atoms with E-state index in [-0.39, 0.29) is 18.0 Å². The van der Waals surface area contributed by atoms with Gasteiger partial charge in [-0.05, 0) is 31.5 Å². The van der Waals surface area contributed by atoms with Crippen molar-refractivity contribution in [1.82, 2.24) is 10.6 Å². The van der Waals surface area contributed by atoms with Crippen LogP contribution in [0.25, 0.3) is 0 Å². The Kier molecular flexibility index (Phi) is 6.71. The second-order valence-electron chi connectivity index (χ2n) is 4.63. The van der Waals surface area contributed by atoms with E-state index in [2.05, 4.69) is 16.7 Å². The molecule has 0 radical (unpaired) electrons. The van der Waals surface area contributed by atoms with Crippen LogP contribution >= 0.6 is 0 Å². The third-order valence-electron chi connectivity index (χ3n) is 3.04. The van der Waals surface area contributed by atoms with Gasteiger partial charge < -0.3 is 10.1 Å². The fourth-order valence-electron chi connectivity index (χ4n) is 1.82. The molecule has 2 N–H and O–H groups in total. The molecule has 0 saturated heterocycles. The molecule has 2 unspecified atom stereocenters. The molecule has 0 aliphatic heterocycles. The van der Waals surface area contributed by atoms with Gasteiger partial charge in [-0.1, -0.05) is 12.1 Å². The number of benzene rings is 1. The van der Waals surface area contributed by atoms with Gasteiger partial charge in [-0.3, -0.25) is 10.1 Å². The number of nitrogens with one attached hydrogen (secondary N) is 2. The summed E-state index contributed by atoms with van der Waals surface area (Å²) in [4.78, 5) is 11.8. The highest BCUT2D eigenvalue weighted by atomic mass is 16.5. The minimum Gasteiger partial charge on any atom is -0.383 e. The highest BCUT2D eigenvalue weighted by Gasteiger charge is 2.15. The highest BCUT2D eigenvalue weighted by Crippen LogP contribution is 2.13. The number of methoxy groups -OCH3 is 1. The van der Waals surface area contributed by atoms with Gasteiger partial charge in [-0.2, -0.15) is 5.26 Å². The van der Waals surface area contributed by atoms with E-state index in [0.29, 0.717) is 18.7 Å². The minimum absolute atomic E-state index is 0.0333. The molecule has 1 aromatic carbocycles. The topological polar surface area (TPSA) is 74.2 Å². The van der Waals surface area contributed by atoms with E-state index in [1.165, 1.54) is 0 Å². The van der Waals surface area contributed by atoms with Crippen LogP contribution in [0.5, 0.6) is 0 Å². The first kappa shape index (κ1) is 16.2. The first-order valence-corrected chi connectivity index (χ1v) is 6.61. The quantitative estimate of drug-likeness (QED) is 0.737. The van der Waals surface area contributed by atoms with Gasteiger partial charge in [0.1, 0.15) is 0 Å². The average molecular weight is 275 g/mol. The van der Waals surface area contributed by atoms with E-state index in [1.807, 2.05) is 26.0 Å². The number of nitriles is 1. The molecule has 0 spiro atoms. The van der Waals surface area contributed by atoms with Crippen molar-refractivity contribution in [3.8, 4) is 6.07 Å². The molecule has 0 bridgehead atoms. The van der Waals surface area contributed by atoms with Crippen LogP contribution in [0, 0.1) is 11.3 Å². The zero-order chi connectivity index (χ0) is 15.0. The van der Waals surface area contributed by atoms with E-state index < -0.39 is 0 Å². The Morgan fingerprint density at radius 3 is 2.55 bits per heavy atom. The lowest BCUT2D eigenvalue weighted by Crippen LogP contribution is -2.44. The molecule has 5 heteroatoms. The standard InChI is InChI=1S/C15H21N3O2/c1-11(14-6-4-13(10-16)5-7-14)18-12(2)15(19)17-8-9-20-3/h4-7,11-12,18H,8-9H2,1-3H3,(H,17,19). The Hall–Kier alpha value is -1.90. The van der Waals surface area contributed by atoms with Crippen molar-refractivity contribution in [2.24, 2.45) is 0 Å². The molecule has 5 nitrogen and oxygen atoms in total. The number of amides is 1. The number of nitrogens with zero attached hydrogens (tertiary/aromatic N) is 1. The maximum atomic E-state index is 11.8. The Bertz CT molecular complexity index is 465. The van der Waals surface area contributed by atoms with E-state index >= 15 is 0 Å². The number of carbonyl (C=O) groups is 1. The Morgan fingerprint density at radius 1 is 1.35 bits per heavy atom. The van der Waals surface area contributed by atoms with Crippen LogP contribution in [0.2, 0.25) is 0 Å². The SMILES string of the molecule is COCCNC(=O)C(C)NC(C)c1ccc(C#N)cc1. The maximum absolute atomic E-state index is 11.8. The molecular formula is C15H21N3O2. The van der Waals surface area contributed by atoms with Crippen molar-refractivity contribution >= 4 is 5.91 Å². The van der Waals surface area contributed by atoms with Crippen molar-refractivity contribution in [2.45, 2.75) is 25.9 Å². The normalized spacial score (nSPS) is 13.3. The fourth-order valence-corrected chi connectivity index (χ4v) is 1.82. The monoisotopic (exact) mass is 275 g/mol. The van der Waals surface area contributed by atoms with Crippen LogP contribution in [-0.4, -0.2) is 32.2 Å². The summed E-state index contributed by atoms with van der Waals surface area (Å²) in [7, 11) is 1.60. The first-order chi connectivity index (χ1) is 9.58. The molecule has 0 aliphatic carbocycles. The predicted molar refractivity (Wildman–Crippen MR) is 77.1 cm³/mol. The van der Waals surface area contributed by atoms with Crippen LogP contribution in [0.15, 0.2) is 24.3 Å². The van der Waals surface area contributed by atoms with E-state index in [0.717, 1.165) is 5.56 Å². The minimum atomic E-state index is -0.294. The maximum Gasteiger partial charge on any atom is 0.236 e. The van der Waals surface area contributed by atoms with Crippen molar-refractivity contribution in [1.29, 1.82) is 5.26 Å². The average Bonchev–Trinajstić information content (AvgIpc) is 2.47. The van der Waals surface area contributed by atoms with Crippen LogP contribution in [0.3, 0.4) is 0 Å². The Morgan fingerprint density at radius 2 is 2.00 bits per heavy atom. The summed E-state index contributed by atoms with van der Waals surface area (Å²) in [5.41, 5.74) is 1.67. The van der Waals surface area contributed by atoms with Gasteiger partial charge in [0.15, 0.2) is 0 Å². The molecule has 1 aromatic rings. The zero-order valence-electron chi connectivity index (χ0n) is 12.1. The summed E-state index contributed by atoms with van der Waals surface area (Å²) in [6, 6.07) is 9.16. The molecule has 108 valence electrons. The Balaban J connectivity index is 2.49. The molecule has 0 aliphatic rings. The van der Waals surface area contributed by atoms with Crippen molar-refractivity contribution < 1.29 is 9.53 Å². The first-order valence-electron chi connectivity index (χ1n) is 6.61. The van der Waals surface area contributed by atoms with Crippen LogP contribution < -0.4 is 10.6 Å². The lowest BCUT2D eigenvalue weighted by atomic mass is 10.1. The van der Waals surface area contributed by atoms with Crippen LogP contribution in [0.1, 0.15) is 31.0 Å². The van der Waals surface area contributed by atoms with Gasteiger partial charge in [0.25, 0.3) is 0 Å².